The van der Waals surface area contributed by atoms with Gasteiger partial charge in [-0.2, -0.15) is 5.11 Å². The summed E-state index contributed by atoms with van der Waals surface area (Å²) < 4.78 is 50.3. The Kier molecular flexibility index (Phi) is 7.43. The zero-order chi connectivity index (χ0) is 28.3. The Morgan fingerprint density at radius 2 is 1.85 bits per heavy atom. The van der Waals surface area contributed by atoms with Gasteiger partial charge < -0.3 is 25.2 Å². The molecule has 0 unspecified atom stereocenters. The number of halogens is 3. The number of alkyl halides is 3. The fraction of sp³-hybridized carbons (Fsp3) is 0.269. The molecular formula is C26H23F3N6O4S. The molecule has 40 heavy (non-hydrogen) atoms. The summed E-state index contributed by atoms with van der Waals surface area (Å²) >= 11 is 1.30. The minimum absolute atomic E-state index is 0.0610. The van der Waals surface area contributed by atoms with Crippen molar-refractivity contribution in [2.75, 3.05) is 24.5 Å². The van der Waals surface area contributed by atoms with Crippen LogP contribution in [0.25, 0.3) is 5.57 Å². The van der Waals surface area contributed by atoms with Crippen molar-refractivity contribution in [1.82, 2.24) is 4.98 Å². The molecule has 1 saturated heterocycles. The quantitative estimate of drug-likeness (QED) is 0.175. The third-order valence-electron chi connectivity index (χ3n) is 6.35. The van der Waals surface area contributed by atoms with Gasteiger partial charge in [-0.05, 0) is 29.0 Å². The van der Waals surface area contributed by atoms with Crippen molar-refractivity contribution < 1.29 is 32.5 Å². The Balaban J connectivity index is 1.37. The highest BCUT2D eigenvalue weighted by Crippen LogP contribution is 2.46. The van der Waals surface area contributed by atoms with Gasteiger partial charge in [0.25, 0.3) is 0 Å². The van der Waals surface area contributed by atoms with Gasteiger partial charge in [0.2, 0.25) is 0 Å². The summed E-state index contributed by atoms with van der Waals surface area (Å²) in [6, 6.07) is 13.4. The minimum Gasteiger partial charge on any atom is -0.482 e. The third-order valence-corrected chi connectivity index (χ3v) is 7.43. The Bertz CT molecular complexity index is 1500. The lowest BCUT2D eigenvalue weighted by Gasteiger charge is -2.43. The number of aromatic nitrogens is 1. The zero-order valence-corrected chi connectivity index (χ0v) is 21.7. The third kappa shape index (κ3) is 6.06. The fourth-order valence-electron chi connectivity index (χ4n) is 4.57. The number of aliphatic carboxylic acids is 1. The summed E-state index contributed by atoms with van der Waals surface area (Å²) in [5, 5.41) is 19.8. The predicted molar refractivity (Wildman–Crippen MR) is 142 cm³/mol. The second-order valence-corrected chi connectivity index (χ2v) is 10.0. The molecule has 1 spiro atoms. The SMILES string of the molecule is N/C(=N\N=NCC(=O)O)c1cnc(N2CCC3(C=C(c4ccccc4OC(F)(F)F)c4ccccc4O3)CC2)s1. The summed E-state index contributed by atoms with van der Waals surface area (Å²) in [6.07, 6.45) is -0.263. The van der Waals surface area contributed by atoms with Crippen LogP contribution in [0.15, 0.2) is 76.2 Å². The van der Waals surface area contributed by atoms with Crippen molar-refractivity contribution >= 4 is 33.8 Å². The van der Waals surface area contributed by atoms with Gasteiger partial charge in [-0.3, -0.25) is 4.79 Å². The van der Waals surface area contributed by atoms with Crippen molar-refractivity contribution in [1.29, 1.82) is 0 Å². The van der Waals surface area contributed by atoms with E-state index in [1.54, 1.807) is 18.3 Å². The molecule has 2 aliphatic heterocycles. The van der Waals surface area contributed by atoms with E-state index in [0.29, 0.717) is 58.4 Å². The number of carboxylic acids is 1. The summed E-state index contributed by atoms with van der Waals surface area (Å²) in [7, 11) is 0. The van der Waals surface area contributed by atoms with Crippen molar-refractivity contribution in [3.05, 3.63) is 76.8 Å². The van der Waals surface area contributed by atoms with E-state index in [1.807, 2.05) is 30.3 Å². The molecule has 2 aromatic carbocycles. The van der Waals surface area contributed by atoms with Gasteiger partial charge in [-0.15, -0.1) is 18.3 Å². The molecule has 0 radical (unpaired) electrons. The highest BCUT2D eigenvalue weighted by atomic mass is 32.1. The van der Waals surface area contributed by atoms with Crippen LogP contribution in [0.2, 0.25) is 0 Å². The maximum Gasteiger partial charge on any atom is 0.573 e. The van der Waals surface area contributed by atoms with Gasteiger partial charge in [0.1, 0.15) is 17.1 Å². The van der Waals surface area contributed by atoms with Crippen molar-refractivity contribution in [3.8, 4) is 11.5 Å². The first-order valence-electron chi connectivity index (χ1n) is 12.1. The van der Waals surface area contributed by atoms with E-state index in [0.717, 1.165) is 0 Å². The van der Waals surface area contributed by atoms with Crippen LogP contribution in [-0.2, 0) is 4.79 Å². The number of benzene rings is 2. The number of hydrogen-bond donors (Lipinski definition) is 2. The first-order chi connectivity index (χ1) is 19.1. The number of carboxylic acid groups (broad SMARTS) is 1. The second-order valence-electron chi connectivity index (χ2n) is 9.03. The molecular weight excluding hydrogens is 549 g/mol. The summed E-state index contributed by atoms with van der Waals surface area (Å²) in [5.41, 5.74) is 6.82. The number of ether oxygens (including phenoxy) is 2. The van der Waals surface area contributed by atoms with Crippen molar-refractivity contribution in [2.24, 2.45) is 21.2 Å². The molecule has 14 heteroatoms. The van der Waals surface area contributed by atoms with Crippen LogP contribution in [0.4, 0.5) is 18.3 Å². The topological polar surface area (TPSA) is 135 Å². The van der Waals surface area contributed by atoms with Crippen LogP contribution >= 0.6 is 11.3 Å². The molecule has 0 bridgehead atoms. The van der Waals surface area contributed by atoms with Crippen molar-refractivity contribution in [2.45, 2.75) is 24.8 Å². The number of carbonyl (C=O) groups is 1. The van der Waals surface area contributed by atoms with Gasteiger partial charge >= 0.3 is 12.3 Å². The van der Waals surface area contributed by atoms with E-state index in [1.165, 1.54) is 23.5 Å². The standard InChI is InChI=1S/C26H23F3N6O4S/c27-26(28,29)39-20-8-4-2-6-17(20)18-13-25(38-19-7-3-1-5-16(18)19)9-11-35(12-10-25)24-31-14-21(40-24)23(30)33-34-32-15-22(36)37/h1-8,13-14H,9-12,15H2,(H,36,37)(H2,30,32,33). The average molecular weight is 573 g/mol. The van der Waals surface area contributed by atoms with E-state index in [9.17, 15) is 18.0 Å². The van der Waals surface area contributed by atoms with E-state index >= 15 is 0 Å². The van der Waals surface area contributed by atoms with E-state index < -0.39 is 24.5 Å². The molecule has 0 amide bonds. The monoisotopic (exact) mass is 572 g/mol. The molecule has 0 aliphatic carbocycles. The van der Waals surface area contributed by atoms with E-state index in [4.69, 9.17) is 15.6 Å². The number of rotatable bonds is 7. The highest BCUT2D eigenvalue weighted by molar-refractivity contribution is 7.17. The first kappa shape index (κ1) is 27.1. The van der Waals surface area contributed by atoms with Crippen LogP contribution in [0.5, 0.6) is 11.5 Å². The number of nitrogens with two attached hydrogens (primary N) is 1. The van der Waals surface area contributed by atoms with Crippen LogP contribution in [-0.4, -0.2) is 53.5 Å². The molecule has 5 rings (SSSR count). The molecule has 3 heterocycles. The van der Waals surface area contributed by atoms with Gasteiger partial charge in [0.05, 0.1) is 11.1 Å². The Labute approximate surface area is 230 Å². The van der Waals surface area contributed by atoms with Gasteiger partial charge in [-0.25, -0.2) is 4.98 Å². The number of nitrogens with zero attached hydrogens (tertiary/aromatic N) is 5. The minimum atomic E-state index is -4.83. The van der Waals surface area contributed by atoms with Crippen LogP contribution in [0.3, 0.4) is 0 Å². The number of piperidine rings is 1. The molecule has 208 valence electrons. The number of thiazole rings is 1. The van der Waals surface area contributed by atoms with E-state index in [2.05, 4.69) is 30.1 Å². The lowest BCUT2D eigenvalue weighted by Crippen LogP contribution is -2.48. The Hall–Kier alpha value is -4.46. The molecule has 10 nitrogen and oxygen atoms in total. The van der Waals surface area contributed by atoms with Crippen LogP contribution in [0.1, 0.15) is 28.8 Å². The number of anilines is 1. The van der Waals surface area contributed by atoms with Crippen LogP contribution < -0.4 is 20.1 Å². The Morgan fingerprint density at radius 1 is 1.15 bits per heavy atom. The summed E-state index contributed by atoms with van der Waals surface area (Å²) in [6.45, 7) is 0.619. The Morgan fingerprint density at radius 3 is 2.58 bits per heavy atom. The zero-order valence-electron chi connectivity index (χ0n) is 20.8. The molecule has 1 fully saturated rings. The first-order valence-corrected chi connectivity index (χ1v) is 12.9. The smallest absolute Gasteiger partial charge is 0.482 e. The second kappa shape index (κ2) is 11.0. The lowest BCUT2D eigenvalue weighted by atomic mass is 9.83. The number of amidine groups is 1. The highest BCUT2D eigenvalue weighted by Gasteiger charge is 2.40. The summed E-state index contributed by atoms with van der Waals surface area (Å²) in [5.74, 6) is -0.756. The average Bonchev–Trinajstić information content (AvgIpc) is 3.41. The molecule has 1 aromatic heterocycles. The van der Waals surface area contributed by atoms with Crippen LogP contribution in [0, 0.1) is 0 Å². The molecule has 2 aliphatic rings. The van der Waals surface area contributed by atoms with Gasteiger partial charge in [-0.1, -0.05) is 47.7 Å². The molecule has 0 atom stereocenters. The van der Waals surface area contributed by atoms with Gasteiger partial charge in [0, 0.05) is 37.1 Å². The predicted octanol–water partition coefficient (Wildman–Crippen LogP) is 5.06. The van der Waals surface area contributed by atoms with Crippen molar-refractivity contribution in [3.63, 3.8) is 0 Å². The maximum absolute atomic E-state index is 13.2. The fourth-order valence-corrected chi connectivity index (χ4v) is 5.43. The number of fused-ring (bicyclic) bond motifs is 1. The molecule has 0 saturated carbocycles. The normalized spacial score (nSPS) is 16.9. The lowest BCUT2D eigenvalue weighted by molar-refractivity contribution is -0.274. The maximum atomic E-state index is 13.2. The number of hydrogen-bond acceptors (Lipinski definition) is 8. The summed E-state index contributed by atoms with van der Waals surface area (Å²) in [4.78, 5) is 17.6. The molecule has 3 N–H and O–H groups in total. The molecule has 3 aromatic rings. The largest absolute Gasteiger partial charge is 0.573 e. The number of para-hydroxylation sites is 2. The van der Waals surface area contributed by atoms with E-state index in [-0.39, 0.29) is 11.6 Å². The van der Waals surface area contributed by atoms with Gasteiger partial charge in [0.15, 0.2) is 17.5 Å².